The minimum absolute atomic E-state index is 0.0541. The average molecular weight is 327 g/mol. The molecule has 0 saturated carbocycles. The van der Waals surface area contributed by atoms with E-state index in [9.17, 15) is 18.0 Å². The molecule has 1 rings (SSSR count). The summed E-state index contributed by atoms with van der Waals surface area (Å²) in [6.45, 7) is 5.23. The molecule has 6 nitrogen and oxygen atoms in total. The summed E-state index contributed by atoms with van der Waals surface area (Å²) in [5.41, 5.74) is 0.129. The van der Waals surface area contributed by atoms with Crippen LogP contribution < -0.4 is 5.32 Å². The Morgan fingerprint density at radius 3 is 2.41 bits per heavy atom. The van der Waals surface area contributed by atoms with E-state index in [4.69, 9.17) is 5.11 Å². The maximum Gasteiger partial charge on any atom is 0.326 e. The first-order valence-corrected chi connectivity index (χ1v) is 8.69. The van der Waals surface area contributed by atoms with Gasteiger partial charge in [-0.3, -0.25) is 4.79 Å². The van der Waals surface area contributed by atoms with Crippen molar-refractivity contribution < 1.29 is 23.1 Å². The third-order valence-electron chi connectivity index (χ3n) is 3.15. The van der Waals surface area contributed by atoms with Gasteiger partial charge in [0, 0.05) is 5.56 Å². The summed E-state index contributed by atoms with van der Waals surface area (Å²) in [6.07, 6.45) is 0.300. The molecule has 0 unspecified atom stereocenters. The molecule has 0 aliphatic carbocycles. The van der Waals surface area contributed by atoms with Gasteiger partial charge in [0.1, 0.15) is 6.04 Å². The monoisotopic (exact) mass is 327 g/mol. The zero-order valence-electron chi connectivity index (χ0n) is 12.9. The van der Waals surface area contributed by atoms with Crippen molar-refractivity contribution in [2.75, 3.05) is 5.75 Å². The Kier molecular flexibility index (Phi) is 6.11. The quantitative estimate of drug-likeness (QED) is 0.794. The van der Waals surface area contributed by atoms with Crippen LogP contribution in [0.5, 0.6) is 0 Å². The number of hydrogen-bond donors (Lipinski definition) is 2. The van der Waals surface area contributed by atoms with Crippen LogP contribution in [0.15, 0.2) is 29.2 Å². The molecular weight excluding hydrogens is 306 g/mol. The number of carboxylic acid groups (broad SMARTS) is 1. The van der Waals surface area contributed by atoms with Gasteiger partial charge in [-0.15, -0.1) is 0 Å². The summed E-state index contributed by atoms with van der Waals surface area (Å²) in [5.74, 6) is -1.67. The second-order valence-electron chi connectivity index (χ2n) is 5.43. The van der Waals surface area contributed by atoms with Crippen LogP contribution in [0.1, 0.15) is 37.6 Å². The zero-order valence-corrected chi connectivity index (χ0v) is 13.7. The second kappa shape index (κ2) is 7.40. The van der Waals surface area contributed by atoms with E-state index < -0.39 is 27.8 Å². The molecule has 0 fully saturated rings. The van der Waals surface area contributed by atoms with E-state index in [0.717, 1.165) is 0 Å². The van der Waals surface area contributed by atoms with Gasteiger partial charge >= 0.3 is 5.97 Å². The molecule has 122 valence electrons. The molecule has 2 N–H and O–H groups in total. The highest BCUT2D eigenvalue weighted by Gasteiger charge is 2.22. The summed E-state index contributed by atoms with van der Waals surface area (Å²) in [6, 6.07) is 4.61. The van der Waals surface area contributed by atoms with Crippen LogP contribution in [0.3, 0.4) is 0 Å². The van der Waals surface area contributed by atoms with Gasteiger partial charge in [0.05, 0.1) is 10.6 Å². The Hall–Kier alpha value is -1.89. The highest BCUT2D eigenvalue weighted by atomic mass is 32.2. The highest BCUT2D eigenvalue weighted by molar-refractivity contribution is 7.91. The lowest BCUT2D eigenvalue weighted by Gasteiger charge is -2.16. The lowest BCUT2D eigenvalue weighted by atomic mass is 10.0. The van der Waals surface area contributed by atoms with Gasteiger partial charge < -0.3 is 10.4 Å². The van der Waals surface area contributed by atoms with Crippen molar-refractivity contribution in [1.82, 2.24) is 5.32 Å². The molecule has 1 aromatic carbocycles. The first-order valence-electron chi connectivity index (χ1n) is 7.04. The fourth-order valence-electron chi connectivity index (χ4n) is 1.93. The average Bonchev–Trinajstić information content (AvgIpc) is 2.46. The van der Waals surface area contributed by atoms with E-state index >= 15 is 0 Å². The van der Waals surface area contributed by atoms with Crippen molar-refractivity contribution in [3.63, 3.8) is 0 Å². The Morgan fingerprint density at radius 1 is 1.27 bits per heavy atom. The minimum Gasteiger partial charge on any atom is -0.480 e. The second-order valence-corrected chi connectivity index (χ2v) is 7.70. The predicted octanol–water partition coefficient (Wildman–Crippen LogP) is 1.71. The van der Waals surface area contributed by atoms with Crippen LogP contribution in [0, 0.1) is 5.92 Å². The number of aliphatic carboxylic acids is 1. The van der Waals surface area contributed by atoms with Crippen molar-refractivity contribution in [2.45, 2.75) is 38.1 Å². The Balaban J connectivity index is 2.98. The Bertz CT molecular complexity index is 652. The van der Waals surface area contributed by atoms with Crippen LogP contribution >= 0.6 is 0 Å². The van der Waals surface area contributed by atoms with Crippen molar-refractivity contribution in [1.29, 1.82) is 0 Å². The summed E-state index contributed by atoms with van der Waals surface area (Å²) < 4.78 is 23.7. The van der Waals surface area contributed by atoms with E-state index in [1.54, 1.807) is 0 Å². The third-order valence-corrected chi connectivity index (χ3v) is 4.88. The molecule has 0 aliphatic rings. The van der Waals surface area contributed by atoms with Crippen LogP contribution in [0.25, 0.3) is 0 Å². The number of amides is 1. The van der Waals surface area contributed by atoms with E-state index in [1.807, 2.05) is 13.8 Å². The molecule has 7 heteroatoms. The van der Waals surface area contributed by atoms with Crippen LogP contribution in [0.2, 0.25) is 0 Å². The number of benzene rings is 1. The molecule has 22 heavy (non-hydrogen) atoms. The van der Waals surface area contributed by atoms with Gasteiger partial charge in [0.15, 0.2) is 9.84 Å². The number of carbonyl (C=O) groups is 2. The maximum absolute atomic E-state index is 12.1. The number of carboxylic acids is 1. The minimum atomic E-state index is -3.41. The molecule has 0 heterocycles. The first kappa shape index (κ1) is 18.2. The zero-order chi connectivity index (χ0) is 16.9. The van der Waals surface area contributed by atoms with Gasteiger partial charge in [-0.05, 0) is 30.5 Å². The lowest BCUT2D eigenvalue weighted by molar-refractivity contribution is -0.139. The smallest absolute Gasteiger partial charge is 0.326 e. The van der Waals surface area contributed by atoms with E-state index in [1.165, 1.54) is 31.2 Å². The predicted molar refractivity (Wildman–Crippen MR) is 82.5 cm³/mol. The van der Waals surface area contributed by atoms with E-state index in [2.05, 4.69) is 5.32 Å². The molecule has 1 aromatic rings. The number of sulfone groups is 1. The molecule has 0 saturated heterocycles. The molecule has 1 atom stereocenters. The van der Waals surface area contributed by atoms with Crippen molar-refractivity contribution in [2.24, 2.45) is 5.92 Å². The fourth-order valence-corrected chi connectivity index (χ4v) is 2.86. The molecular formula is C15H21NO5S. The largest absolute Gasteiger partial charge is 0.480 e. The molecule has 0 aromatic heterocycles. The molecule has 0 aliphatic heterocycles. The molecule has 0 bridgehead atoms. The third kappa shape index (κ3) is 4.84. The lowest BCUT2D eigenvalue weighted by Crippen LogP contribution is -2.41. The van der Waals surface area contributed by atoms with E-state index in [-0.39, 0.29) is 22.1 Å². The van der Waals surface area contributed by atoms with Gasteiger partial charge in [-0.1, -0.05) is 26.8 Å². The molecule has 0 radical (unpaired) electrons. The summed E-state index contributed by atoms with van der Waals surface area (Å²) in [7, 11) is -3.41. The number of hydrogen-bond acceptors (Lipinski definition) is 4. The van der Waals surface area contributed by atoms with Gasteiger partial charge in [0.2, 0.25) is 0 Å². The van der Waals surface area contributed by atoms with Crippen LogP contribution in [-0.2, 0) is 14.6 Å². The van der Waals surface area contributed by atoms with Crippen molar-refractivity contribution in [3.05, 3.63) is 29.8 Å². The SMILES string of the molecule is CCS(=O)(=O)c1cccc(C(=O)N[C@@H](CC(C)C)C(=O)O)c1. The standard InChI is InChI=1S/C15H21NO5S/c1-4-22(20,21)12-7-5-6-11(9-12)14(17)16-13(15(18)19)8-10(2)3/h5-7,9-10,13H,4,8H2,1-3H3,(H,16,17)(H,18,19)/t13-/m0/s1. The number of nitrogens with one attached hydrogen (secondary N) is 1. The summed E-state index contributed by atoms with van der Waals surface area (Å²) in [5, 5.41) is 11.6. The summed E-state index contributed by atoms with van der Waals surface area (Å²) in [4.78, 5) is 23.4. The first-order chi connectivity index (χ1) is 10.2. The van der Waals surface area contributed by atoms with Gasteiger partial charge in [-0.2, -0.15) is 0 Å². The van der Waals surface area contributed by atoms with Crippen molar-refractivity contribution in [3.8, 4) is 0 Å². The Labute approximate surface area is 130 Å². The van der Waals surface area contributed by atoms with Gasteiger partial charge in [0.25, 0.3) is 5.91 Å². The maximum atomic E-state index is 12.1. The summed E-state index contributed by atoms with van der Waals surface area (Å²) >= 11 is 0. The Morgan fingerprint density at radius 2 is 1.91 bits per heavy atom. The van der Waals surface area contributed by atoms with E-state index in [0.29, 0.717) is 6.42 Å². The fraction of sp³-hybridized carbons (Fsp3) is 0.467. The topological polar surface area (TPSA) is 101 Å². The van der Waals surface area contributed by atoms with Crippen LogP contribution in [0.4, 0.5) is 0 Å². The van der Waals surface area contributed by atoms with Crippen molar-refractivity contribution >= 4 is 21.7 Å². The van der Waals surface area contributed by atoms with Gasteiger partial charge in [-0.25, -0.2) is 13.2 Å². The number of carbonyl (C=O) groups excluding carboxylic acids is 1. The van der Waals surface area contributed by atoms with Crippen LogP contribution in [-0.4, -0.2) is 37.2 Å². The number of rotatable bonds is 7. The highest BCUT2D eigenvalue weighted by Crippen LogP contribution is 2.14. The molecule has 0 spiro atoms. The molecule has 1 amide bonds. The normalized spacial score (nSPS) is 12.9.